The molecule has 7 nitrogen and oxygen atoms in total. The number of carbonyl (C=O) groups is 1. The summed E-state index contributed by atoms with van der Waals surface area (Å²) < 4.78 is 0. The maximum absolute atomic E-state index is 13.2. The van der Waals surface area contributed by atoms with E-state index < -0.39 is 10.3 Å². The van der Waals surface area contributed by atoms with E-state index in [2.05, 4.69) is 26.1 Å². The van der Waals surface area contributed by atoms with E-state index in [4.69, 9.17) is 9.97 Å². The molecule has 0 aliphatic heterocycles. The molecule has 2 aromatic rings. The zero-order valence-corrected chi connectivity index (χ0v) is 15.4. The Morgan fingerprint density at radius 2 is 1.88 bits per heavy atom. The predicted molar refractivity (Wildman–Crippen MR) is 96.9 cm³/mol. The van der Waals surface area contributed by atoms with Crippen molar-refractivity contribution in [1.82, 2.24) is 15.3 Å². The molecule has 4 rings (SSSR count). The lowest BCUT2D eigenvalue weighted by atomic mass is 9.63. The number of nitro benzene ring substituents is 1. The molecule has 2 aliphatic carbocycles. The van der Waals surface area contributed by atoms with E-state index >= 15 is 0 Å². The van der Waals surface area contributed by atoms with E-state index in [1.165, 1.54) is 12.1 Å². The Morgan fingerprint density at radius 3 is 2.54 bits per heavy atom. The van der Waals surface area contributed by atoms with Crippen LogP contribution in [0.1, 0.15) is 51.9 Å². The first-order chi connectivity index (χ1) is 12.2. The Balaban J connectivity index is 2.03. The van der Waals surface area contributed by atoms with Gasteiger partial charge in [-0.15, -0.1) is 0 Å². The Kier molecular flexibility index (Phi) is 3.24. The van der Waals surface area contributed by atoms with Crippen molar-refractivity contribution in [3.05, 3.63) is 39.7 Å². The number of likely N-dealkylation sites (N-methyl/N-ethyl adjacent to an activating group) is 1. The third-order valence-electron chi connectivity index (χ3n) is 6.96. The number of fused-ring (bicyclic) bond motifs is 6. The van der Waals surface area contributed by atoms with E-state index in [-0.39, 0.29) is 22.4 Å². The van der Waals surface area contributed by atoms with Crippen molar-refractivity contribution >= 4 is 22.6 Å². The molecular formula is C19H22N4O3. The lowest BCUT2D eigenvalue weighted by Gasteiger charge is -2.39. The van der Waals surface area contributed by atoms with E-state index in [0.717, 1.165) is 12.1 Å². The summed E-state index contributed by atoms with van der Waals surface area (Å²) in [4.78, 5) is 33.4. The van der Waals surface area contributed by atoms with Crippen molar-refractivity contribution in [2.75, 3.05) is 6.54 Å². The molecule has 0 radical (unpaired) electrons. The standard InChI is InChI=1S/C19H22N4O3/c1-5-20-16(24)19-9-8-18(4,17(19,2)3)14-15(19)22-13-10-11(23(25)26)6-7-12(13)21-14/h6-7,10H,5,8-9H2,1-4H3,(H,20,24). The van der Waals surface area contributed by atoms with Gasteiger partial charge >= 0.3 is 0 Å². The highest BCUT2D eigenvalue weighted by Crippen LogP contribution is 2.70. The molecule has 1 saturated carbocycles. The number of hydrogen-bond donors (Lipinski definition) is 1. The minimum atomic E-state index is -0.751. The van der Waals surface area contributed by atoms with Crippen LogP contribution < -0.4 is 5.32 Å². The fourth-order valence-electron chi connectivity index (χ4n) is 5.02. The normalized spacial score (nSPS) is 28.2. The third kappa shape index (κ3) is 1.70. The Bertz CT molecular complexity index is 971. The molecule has 2 atom stereocenters. The topological polar surface area (TPSA) is 98.0 Å². The number of nitrogens with zero attached hydrogens (tertiary/aromatic N) is 3. The summed E-state index contributed by atoms with van der Waals surface area (Å²) in [7, 11) is 0. The highest BCUT2D eigenvalue weighted by Gasteiger charge is 2.73. The molecule has 1 N–H and O–H groups in total. The van der Waals surface area contributed by atoms with Crippen LogP contribution in [0.2, 0.25) is 0 Å². The van der Waals surface area contributed by atoms with Crippen molar-refractivity contribution in [3.63, 3.8) is 0 Å². The zero-order valence-electron chi connectivity index (χ0n) is 15.4. The second-order valence-corrected chi connectivity index (χ2v) is 8.07. The molecule has 0 spiro atoms. The molecule has 1 heterocycles. The quantitative estimate of drug-likeness (QED) is 0.675. The maximum atomic E-state index is 13.2. The summed E-state index contributed by atoms with van der Waals surface area (Å²) in [6.45, 7) is 8.85. The van der Waals surface area contributed by atoms with Gasteiger partial charge in [-0.25, -0.2) is 9.97 Å². The summed E-state index contributed by atoms with van der Waals surface area (Å²) in [6.07, 6.45) is 1.59. The van der Waals surface area contributed by atoms with Crippen molar-refractivity contribution < 1.29 is 9.72 Å². The fraction of sp³-hybridized carbons (Fsp3) is 0.526. The van der Waals surface area contributed by atoms with E-state index in [9.17, 15) is 14.9 Å². The molecule has 0 saturated heterocycles. The Hall–Kier alpha value is -2.57. The van der Waals surface area contributed by atoms with Gasteiger partial charge in [-0.1, -0.05) is 20.8 Å². The molecule has 2 bridgehead atoms. The number of nitro groups is 1. The maximum Gasteiger partial charge on any atom is 0.271 e. The van der Waals surface area contributed by atoms with Crippen LogP contribution in [-0.2, 0) is 15.6 Å². The minimum Gasteiger partial charge on any atom is -0.356 e. The van der Waals surface area contributed by atoms with E-state index in [1.807, 2.05) is 6.92 Å². The van der Waals surface area contributed by atoms with Gasteiger partial charge in [-0.05, 0) is 31.2 Å². The molecule has 2 unspecified atom stereocenters. The lowest BCUT2D eigenvalue weighted by molar-refractivity contribution is -0.384. The molecule has 1 aromatic heterocycles. The summed E-state index contributed by atoms with van der Waals surface area (Å²) >= 11 is 0. The summed E-state index contributed by atoms with van der Waals surface area (Å²) in [5.41, 5.74) is 1.28. The van der Waals surface area contributed by atoms with Crippen LogP contribution in [0.15, 0.2) is 18.2 Å². The van der Waals surface area contributed by atoms with Crippen LogP contribution in [0.25, 0.3) is 11.0 Å². The minimum absolute atomic E-state index is 0.0209. The fourth-order valence-corrected chi connectivity index (χ4v) is 5.02. The van der Waals surface area contributed by atoms with Gasteiger partial charge in [0.25, 0.3) is 5.69 Å². The monoisotopic (exact) mass is 354 g/mol. The number of non-ortho nitro benzene ring substituents is 1. The second-order valence-electron chi connectivity index (χ2n) is 8.07. The first-order valence-corrected chi connectivity index (χ1v) is 8.94. The van der Waals surface area contributed by atoms with Gasteiger partial charge in [-0.2, -0.15) is 0 Å². The van der Waals surface area contributed by atoms with Gasteiger partial charge in [0.1, 0.15) is 0 Å². The van der Waals surface area contributed by atoms with Gasteiger partial charge < -0.3 is 5.32 Å². The average molecular weight is 354 g/mol. The van der Waals surface area contributed by atoms with E-state index in [1.54, 1.807) is 6.07 Å². The van der Waals surface area contributed by atoms with Gasteiger partial charge in [0, 0.05) is 24.1 Å². The van der Waals surface area contributed by atoms with Crippen molar-refractivity contribution in [2.45, 2.75) is 51.4 Å². The SMILES string of the molecule is CCNC(=O)C12CCC(C)(c3nc4ccc([N+](=O)[O-])cc4nc31)C2(C)C. The van der Waals surface area contributed by atoms with Crippen molar-refractivity contribution in [1.29, 1.82) is 0 Å². The Labute approximate surface area is 151 Å². The largest absolute Gasteiger partial charge is 0.356 e. The van der Waals surface area contributed by atoms with Crippen LogP contribution in [-0.4, -0.2) is 27.3 Å². The van der Waals surface area contributed by atoms with Crippen LogP contribution >= 0.6 is 0 Å². The summed E-state index contributed by atoms with van der Waals surface area (Å²) in [5.74, 6) is -0.0217. The van der Waals surface area contributed by atoms with Crippen molar-refractivity contribution in [3.8, 4) is 0 Å². The molecule has 136 valence electrons. The van der Waals surface area contributed by atoms with Gasteiger partial charge in [0.15, 0.2) is 0 Å². The molecule has 2 aliphatic rings. The van der Waals surface area contributed by atoms with Crippen LogP contribution in [0, 0.1) is 15.5 Å². The number of amides is 1. The Morgan fingerprint density at radius 1 is 1.19 bits per heavy atom. The molecular weight excluding hydrogens is 332 g/mol. The molecule has 1 fully saturated rings. The number of hydrogen-bond acceptors (Lipinski definition) is 5. The van der Waals surface area contributed by atoms with Gasteiger partial charge in [0.2, 0.25) is 5.91 Å². The second kappa shape index (κ2) is 4.99. The van der Waals surface area contributed by atoms with Gasteiger partial charge in [0.05, 0.1) is 32.8 Å². The van der Waals surface area contributed by atoms with Crippen LogP contribution in [0.3, 0.4) is 0 Å². The molecule has 26 heavy (non-hydrogen) atoms. The summed E-state index contributed by atoms with van der Waals surface area (Å²) in [6, 6.07) is 4.53. The predicted octanol–water partition coefficient (Wildman–Crippen LogP) is 3.00. The highest BCUT2D eigenvalue weighted by molar-refractivity contribution is 5.93. The molecule has 7 heteroatoms. The molecule has 1 aromatic carbocycles. The number of aromatic nitrogens is 2. The smallest absolute Gasteiger partial charge is 0.271 e. The average Bonchev–Trinajstić information content (AvgIpc) is 2.89. The lowest BCUT2D eigenvalue weighted by Crippen LogP contribution is -2.51. The number of carbonyl (C=O) groups excluding carboxylic acids is 1. The first-order valence-electron chi connectivity index (χ1n) is 8.94. The summed E-state index contributed by atoms with van der Waals surface area (Å²) in [5, 5.41) is 14.1. The zero-order chi connectivity index (χ0) is 18.9. The van der Waals surface area contributed by atoms with Crippen LogP contribution in [0.4, 0.5) is 5.69 Å². The van der Waals surface area contributed by atoms with Crippen molar-refractivity contribution in [2.24, 2.45) is 5.41 Å². The number of rotatable bonds is 3. The van der Waals surface area contributed by atoms with E-state index in [0.29, 0.717) is 29.7 Å². The number of nitrogens with one attached hydrogen (secondary N) is 1. The third-order valence-corrected chi connectivity index (χ3v) is 6.96. The number of benzene rings is 1. The van der Waals surface area contributed by atoms with Crippen LogP contribution in [0.5, 0.6) is 0 Å². The van der Waals surface area contributed by atoms with Gasteiger partial charge in [-0.3, -0.25) is 14.9 Å². The highest BCUT2D eigenvalue weighted by atomic mass is 16.6. The first kappa shape index (κ1) is 16.9. The molecule has 1 amide bonds.